The van der Waals surface area contributed by atoms with E-state index in [0.717, 1.165) is 0 Å². The van der Waals surface area contributed by atoms with Crippen LogP contribution in [0.25, 0.3) is 0 Å². The summed E-state index contributed by atoms with van der Waals surface area (Å²) >= 11 is 11.9. The number of benzene rings is 2. The summed E-state index contributed by atoms with van der Waals surface area (Å²) in [5.41, 5.74) is 0.566. The highest BCUT2D eigenvalue weighted by Gasteiger charge is 2.23. The van der Waals surface area contributed by atoms with Crippen molar-refractivity contribution in [1.82, 2.24) is 4.90 Å². The summed E-state index contributed by atoms with van der Waals surface area (Å²) in [6.45, 7) is 2.06. The minimum Gasteiger partial charge on any atom is -0.482 e. The van der Waals surface area contributed by atoms with Gasteiger partial charge in [-0.2, -0.15) is 0 Å². The van der Waals surface area contributed by atoms with Crippen molar-refractivity contribution in [2.45, 2.75) is 0 Å². The fourth-order valence-electron chi connectivity index (χ4n) is 2.72. The minimum absolute atomic E-state index is 0.111. The maximum absolute atomic E-state index is 13.8. The Balaban J connectivity index is 1.53. The number of carbonyl (C=O) groups is 1. The Bertz CT molecular complexity index is 764. The van der Waals surface area contributed by atoms with Crippen molar-refractivity contribution < 1.29 is 13.9 Å². The number of piperazine rings is 1. The zero-order chi connectivity index (χ0) is 17.8. The zero-order valence-electron chi connectivity index (χ0n) is 13.4. The second-order valence-electron chi connectivity index (χ2n) is 5.68. The lowest BCUT2D eigenvalue weighted by Gasteiger charge is -2.36. The maximum Gasteiger partial charge on any atom is 0.260 e. The van der Waals surface area contributed by atoms with Gasteiger partial charge >= 0.3 is 0 Å². The van der Waals surface area contributed by atoms with Crippen molar-refractivity contribution in [3.8, 4) is 5.75 Å². The number of ether oxygens (including phenoxy) is 1. The molecule has 3 rings (SSSR count). The van der Waals surface area contributed by atoms with Gasteiger partial charge in [0.2, 0.25) is 0 Å². The molecule has 0 spiro atoms. The molecule has 0 atom stereocenters. The lowest BCUT2D eigenvalue weighted by Crippen LogP contribution is -2.50. The van der Waals surface area contributed by atoms with Crippen molar-refractivity contribution in [3.05, 3.63) is 58.3 Å². The van der Waals surface area contributed by atoms with Gasteiger partial charge in [-0.15, -0.1) is 0 Å². The lowest BCUT2D eigenvalue weighted by molar-refractivity contribution is -0.133. The van der Waals surface area contributed by atoms with Gasteiger partial charge in [-0.25, -0.2) is 4.39 Å². The number of hydrogen-bond donors (Lipinski definition) is 0. The van der Waals surface area contributed by atoms with Crippen LogP contribution >= 0.6 is 23.2 Å². The third-order valence-electron chi connectivity index (χ3n) is 4.07. The molecule has 7 heteroatoms. The van der Waals surface area contributed by atoms with E-state index in [0.29, 0.717) is 47.7 Å². The SMILES string of the molecule is O=C(COc1cc(Cl)ccc1Cl)N1CCN(c2ccccc2F)CC1. The number of rotatable bonds is 4. The van der Waals surface area contributed by atoms with Crippen LogP contribution < -0.4 is 9.64 Å². The summed E-state index contributed by atoms with van der Waals surface area (Å²) in [6.07, 6.45) is 0. The van der Waals surface area contributed by atoms with Gasteiger partial charge in [0.1, 0.15) is 11.6 Å². The normalized spacial score (nSPS) is 14.5. The van der Waals surface area contributed by atoms with Crippen LogP contribution in [-0.2, 0) is 4.79 Å². The summed E-state index contributed by atoms with van der Waals surface area (Å²) in [7, 11) is 0. The Morgan fingerprint density at radius 2 is 1.80 bits per heavy atom. The van der Waals surface area contributed by atoms with E-state index >= 15 is 0 Å². The first-order chi connectivity index (χ1) is 12.0. The monoisotopic (exact) mass is 382 g/mol. The highest BCUT2D eigenvalue weighted by atomic mass is 35.5. The van der Waals surface area contributed by atoms with Gasteiger partial charge in [0.25, 0.3) is 5.91 Å². The third-order valence-corrected chi connectivity index (χ3v) is 4.62. The fourth-order valence-corrected chi connectivity index (χ4v) is 3.06. The van der Waals surface area contributed by atoms with Gasteiger partial charge in [0.05, 0.1) is 10.7 Å². The molecule has 2 aromatic rings. The third kappa shape index (κ3) is 4.35. The molecule has 0 N–H and O–H groups in total. The molecule has 2 aromatic carbocycles. The molecule has 1 aliphatic rings. The molecule has 0 unspecified atom stereocenters. The van der Waals surface area contributed by atoms with Crippen molar-refractivity contribution in [2.75, 3.05) is 37.7 Å². The average molecular weight is 383 g/mol. The van der Waals surface area contributed by atoms with Crippen LogP contribution in [0.1, 0.15) is 0 Å². The molecule has 132 valence electrons. The number of anilines is 1. The standard InChI is InChI=1S/C18H17Cl2FN2O2/c19-13-5-6-14(20)17(11-13)25-12-18(24)23-9-7-22(8-10-23)16-4-2-1-3-15(16)21/h1-6,11H,7-10,12H2. The molecule has 0 bridgehead atoms. The first kappa shape index (κ1) is 17.8. The van der Waals surface area contributed by atoms with E-state index in [-0.39, 0.29) is 18.3 Å². The molecule has 1 heterocycles. The number of carbonyl (C=O) groups excluding carboxylic acids is 1. The quantitative estimate of drug-likeness (QED) is 0.804. The summed E-state index contributed by atoms with van der Waals surface area (Å²) < 4.78 is 19.3. The van der Waals surface area contributed by atoms with Crippen molar-refractivity contribution in [3.63, 3.8) is 0 Å². The van der Waals surface area contributed by atoms with Gasteiger partial charge < -0.3 is 14.5 Å². The molecule has 1 aliphatic heterocycles. The van der Waals surface area contributed by atoms with Gasteiger partial charge in [-0.05, 0) is 24.3 Å². The van der Waals surface area contributed by atoms with Crippen LogP contribution in [0.3, 0.4) is 0 Å². The van der Waals surface area contributed by atoms with E-state index in [2.05, 4.69) is 0 Å². The van der Waals surface area contributed by atoms with E-state index < -0.39 is 0 Å². The Morgan fingerprint density at radius 1 is 1.08 bits per heavy atom. The molecule has 0 radical (unpaired) electrons. The second-order valence-corrected chi connectivity index (χ2v) is 6.53. The van der Waals surface area contributed by atoms with E-state index in [9.17, 15) is 9.18 Å². The Labute approximate surface area is 155 Å². The first-order valence-electron chi connectivity index (χ1n) is 7.89. The predicted molar refractivity (Wildman–Crippen MR) is 97.2 cm³/mol. The van der Waals surface area contributed by atoms with E-state index in [4.69, 9.17) is 27.9 Å². The van der Waals surface area contributed by atoms with Gasteiger partial charge in [-0.3, -0.25) is 4.79 Å². The van der Waals surface area contributed by atoms with Crippen LogP contribution in [-0.4, -0.2) is 43.6 Å². The van der Waals surface area contributed by atoms with Crippen LogP contribution in [0.4, 0.5) is 10.1 Å². The molecule has 1 fully saturated rings. The van der Waals surface area contributed by atoms with Crippen LogP contribution in [0.2, 0.25) is 10.0 Å². The van der Waals surface area contributed by atoms with Gasteiger partial charge in [0.15, 0.2) is 6.61 Å². The molecule has 0 aliphatic carbocycles. The van der Waals surface area contributed by atoms with Crippen molar-refractivity contribution >= 4 is 34.8 Å². The second kappa shape index (κ2) is 7.93. The Kier molecular flexibility index (Phi) is 5.66. The number of amides is 1. The van der Waals surface area contributed by atoms with E-state index in [1.807, 2.05) is 4.90 Å². The average Bonchev–Trinajstić information content (AvgIpc) is 2.63. The summed E-state index contributed by atoms with van der Waals surface area (Å²) in [5.74, 6) is -0.00190. The summed E-state index contributed by atoms with van der Waals surface area (Å²) in [6, 6.07) is 11.5. The largest absolute Gasteiger partial charge is 0.482 e. The summed E-state index contributed by atoms with van der Waals surface area (Å²) in [4.78, 5) is 16.0. The van der Waals surface area contributed by atoms with Gasteiger partial charge in [0, 0.05) is 37.3 Å². The molecule has 1 saturated heterocycles. The highest BCUT2D eigenvalue weighted by Crippen LogP contribution is 2.27. The number of hydrogen-bond acceptors (Lipinski definition) is 3. The number of nitrogens with zero attached hydrogens (tertiary/aromatic N) is 2. The molecule has 0 saturated carbocycles. The predicted octanol–water partition coefficient (Wildman–Crippen LogP) is 3.86. The highest BCUT2D eigenvalue weighted by molar-refractivity contribution is 6.34. The summed E-state index contributed by atoms with van der Waals surface area (Å²) in [5, 5.41) is 0.895. The van der Waals surface area contributed by atoms with Gasteiger partial charge in [-0.1, -0.05) is 35.3 Å². The molecule has 4 nitrogen and oxygen atoms in total. The van der Waals surface area contributed by atoms with E-state index in [1.54, 1.807) is 41.3 Å². The molecular weight excluding hydrogens is 366 g/mol. The van der Waals surface area contributed by atoms with Crippen LogP contribution in [0, 0.1) is 5.82 Å². The Hall–Kier alpha value is -1.98. The first-order valence-corrected chi connectivity index (χ1v) is 8.65. The van der Waals surface area contributed by atoms with Crippen LogP contribution in [0.15, 0.2) is 42.5 Å². The minimum atomic E-state index is -0.249. The fraction of sp³-hybridized carbons (Fsp3) is 0.278. The van der Waals surface area contributed by atoms with E-state index in [1.165, 1.54) is 6.07 Å². The van der Waals surface area contributed by atoms with Crippen LogP contribution in [0.5, 0.6) is 5.75 Å². The van der Waals surface area contributed by atoms with Crippen molar-refractivity contribution in [2.24, 2.45) is 0 Å². The molecule has 0 aromatic heterocycles. The molecule has 1 amide bonds. The molecular formula is C18H17Cl2FN2O2. The lowest BCUT2D eigenvalue weighted by atomic mass is 10.2. The smallest absolute Gasteiger partial charge is 0.260 e. The number of para-hydroxylation sites is 1. The maximum atomic E-state index is 13.8. The topological polar surface area (TPSA) is 32.8 Å². The number of halogens is 3. The Morgan fingerprint density at radius 3 is 2.52 bits per heavy atom. The van der Waals surface area contributed by atoms with Crippen molar-refractivity contribution in [1.29, 1.82) is 0 Å². The zero-order valence-corrected chi connectivity index (χ0v) is 14.9. The molecule has 25 heavy (non-hydrogen) atoms.